The van der Waals surface area contributed by atoms with E-state index in [2.05, 4.69) is 0 Å². The summed E-state index contributed by atoms with van der Waals surface area (Å²) in [6.07, 6.45) is -5.16. The van der Waals surface area contributed by atoms with E-state index in [0.29, 0.717) is 0 Å². The van der Waals surface area contributed by atoms with E-state index < -0.39 is 50.2 Å². The van der Waals surface area contributed by atoms with Gasteiger partial charge in [0.2, 0.25) is 0 Å². The lowest BCUT2D eigenvalue weighted by atomic mass is 9.95. The third kappa shape index (κ3) is 8.64. The zero-order valence-corrected chi connectivity index (χ0v) is 24.4. The second-order valence-corrected chi connectivity index (χ2v) is 11.8. The average molecular weight is 585 g/mol. The molecule has 220 valence electrons. The highest BCUT2D eigenvalue weighted by Crippen LogP contribution is 2.47. The monoisotopic (exact) mass is 584 g/mol. The number of ether oxygens (including phenoxy) is 5. The van der Waals surface area contributed by atoms with E-state index in [1.54, 1.807) is 0 Å². The highest BCUT2D eigenvalue weighted by atomic mass is 31.2. The molecule has 1 saturated heterocycles. The summed E-state index contributed by atoms with van der Waals surface area (Å²) in [6.45, 7) is 0.666. The average Bonchev–Trinajstić information content (AvgIpc) is 3.03. The normalized spacial score (nSPS) is 22.9. The molecule has 1 heterocycles. The van der Waals surface area contributed by atoms with E-state index in [1.807, 2.05) is 91.0 Å². The van der Waals surface area contributed by atoms with Crippen molar-refractivity contribution in [2.45, 2.75) is 50.5 Å². The smallest absolute Gasteiger partial charge is 0.337 e. The maximum Gasteiger partial charge on any atom is 0.337 e. The minimum absolute atomic E-state index is 0.180. The van der Waals surface area contributed by atoms with Crippen molar-refractivity contribution in [1.82, 2.24) is 0 Å². The first-order valence-electron chi connectivity index (χ1n) is 13.3. The van der Waals surface area contributed by atoms with Gasteiger partial charge in [0.25, 0.3) is 0 Å². The van der Waals surface area contributed by atoms with Crippen molar-refractivity contribution < 1.29 is 42.1 Å². The Kier molecular flexibility index (Phi) is 11.8. The summed E-state index contributed by atoms with van der Waals surface area (Å²) in [5.41, 5.74) is 2.78. The summed E-state index contributed by atoms with van der Waals surface area (Å²) >= 11 is 0. The van der Waals surface area contributed by atoms with Crippen molar-refractivity contribution in [3.05, 3.63) is 108 Å². The van der Waals surface area contributed by atoms with Crippen LogP contribution in [0.3, 0.4) is 0 Å². The summed E-state index contributed by atoms with van der Waals surface area (Å²) in [5.74, 6) is -0.521. The van der Waals surface area contributed by atoms with E-state index in [0.717, 1.165) is 16.7 Å². The van der Waals surface area contributed by atoms with Gasteiger partial charge in [0.05, 0.1) is 19.8 Å². The molecule has 1 aliphatic heterocycles. The Balaban J connectivity index is 1.67. The predicted molar refractivity (Wildman–Crippen MR) is 152 cm³/mol. The van der Waals surface area contributed by atoms with Crippen LogP contribution >= 0.6 is 7.60 Å². The highest BCUT2D eigenvalue weighted by molar-refractivity contribution is 7.54. The third-order valence-electron chi connectivity index (χ3n) is 6.81. The molecule has 5 atom stereocenters. The van der Waals surface area contributed by atoms with Gasteiger partial charge in [-0.1, -0.05) is 91.0 Å². The van der Waals surface area contributed by atoms with Gasteiger partial charge in [-0.2, -0.15) is 0 Å². The Morgan fingerprint density at radius 1 is 0.659 bits per heavy atom. The summed E-state index contributed by atoms with van der Waals surface area (Å²) in [7, 11) is 0.259. The van der Waals surface area contributed by atoms with Crippen LogP contribution in [0.15, 0.2) is 91.0 Å². The fourth-order valence-corrected chi connectivity index (χ4v) is 5.56. The molecule has 0 amide bonds. The van der Waals surface area contributed by atoms with Crippen LogP contribution in [0.5, 0.6) is 0 Å². The molecule has 0 aromatic heterocycles. The van der Waals surface area contributed by atoms with Crippen molar-refractivity contribution in [3.8, 4) is 0 Å². The van der Waals surface area contributed by atoms with Crippen molar-refractivity contribution in [1.29, 1.82) is 0 Å². The molecule has 3 aromatic carbocycles. The SMILES string of the molecule is COC1OC(C(=O)CP(=O)(OC)OC)C(OCc2ccccc2)C(OCc2ccccc2)C1OCc1ccccc1. The summed E-state index contributed by atoms with van der Waals surface area (Å²) in [5, 5.41) is 0. The van der Waals surface area contributed by atoms with Crippen molar-refractivity contribution in [2.24, 2.45) is 0 Å². The van der Waals surface area contributed by atoms with E-state index >= 15 is 0 Å². The van der Waals surface area contributed by atoms with Crippen LogP contribution in [0.4, 0.5) is 0 Å². The van der Waals surface area contributed by atoms with Gasteiger partial charge in [-0.15, -0.1) is 0 Å². The fourth-order valence-electron chi connectivity index (χ4n) is 4.59. The molecule has 0 saturated carbocycles. The summed E-state index contributed by atoms with van der Waals surface area (Å²) in [6, 6.07) is 28.9. The molecule has 3 aromatic rings. The predicted octanol–water partition coefficient (Wildman–Crippen LogP) is 5.17. The van der Waals surface area contributed by atoms with Crippen molar-refractivity contribution in [2.75, 3.05) is 27.5 Å². The molecule has 5 unspecified atom stereocenters. The molecule has 10 heteroatoms. The summed E-state index contributed by atoms with van der Waals surface area (Å²) in [4.78, 5) is 13.6. The molecular formula is C31H37O9P. The molecule has 41 heavy (non-hydrogen) atoms. The van der Waals surface area contributed by atoms with E-state index in [1.165, 1.54) is 21.3 Å². The van der Waals surface area contributed by atoms with Gasteiger partial charge in [0.15, 0.2) is 12.1 Å². The third-order valence-corrected chi connectivity index (χ3v) is 8.62. The van der Waals surface area contributed by atoms with Gasteiger partial charge in [-0.3, -0.25) is 9.36 Å². The van der Waals surface area contributed by atoms with Crippen molar-refractivity contribution in [3.63, 3.8) is 0 Å². The number of methoxy groups -OCH3 is 1. The van der Waals surface area contributed by atoms with E-state index in [-0.39, 0.29) is 19.8 Å². The van der Waals surface area contributed by atoms with Gasteiger partial charge in [-0.25, -0.2) is 0 Å². The van der Waals surface area contributed by atoms with Crippen LogP contribution in [-0.4, -0.2) is 64.0 Å². The standard InChI is InChI=1S/C31H37O9P/c1-34-31-30(39-21-25-17-11-6-12-18-25)29(38-20-24-15-9-5-10-16-24)28(37-19-23-13-7-4-8-14-23)27(40-31)26(32)22-41(33,35-2)36-3/h4-18,27-31H,19-22H2,1-3H3. The first kappa shape index (κ1) is 31.2. The molecule has 0 bridgehead atoms. The maximum atomic E-state index is 13.6. The van der Waals surface area contributed by atoms with Gasteiger partial charge in [0, 0.05) is 21.3 Å². The molecule has 4 rings (SSSR count). The molecule has 0 N–H and O–H groups in total. The van der Waals surface area contributed by atoms with Crippen LogP contribution < -0.4 is 0 Å². The first-order chi connectivity index (χ1) is 20.0. The minimum Gasteiger partial charge on any atom is -0.368 e. The lowest BCUT2D eigenvalue weighted by Crippen LogP contribution is -2.62. The number of hydrogen-bond donors (Lipinski definition) is 0. The number of Topliss-reactive ketones (excluding diaryl/α,β-unsaturated/α-hetero) is 1. The molecule has 1 fully saturated rings. The second-order valence-electron chi connectivity index (χ2n) is 9.54. The van der Waals surface area contributed by atoms with Gasteiger partial charge in [0.1, 0.15) is 30.6 Å². The zero-order valence-electron chi connectivity index (χ0n) is 23.5. The Labute approximate surface area is 241 Å². The van der Waals surface area contributed by atoms with Gasteiger partial charge in [-0.05, 0) is 16.7 Å². The maximum absolute atomic E-state index is 13.6. The number of rotatable bonds is 15. The molecule has 0 spiro atoms. The Bertz CT molecular complexity index is 1230. The molecule has 0 aliphatic carbocycles. The van der Waals surface area contributed by atoms with Crippen molar-refractivity contribution >= 4 is 13.4 Å². The van der Waals surface area contributed by atoms with Gasteiger partial charge < -0.3 is 32.7 Å². The van der Waals surface area contributed by atoms with E-state index in [9.17, 15) is 9.36 Å². The Hall–Kier alpha value is -2.72. The topological polar surface area (TPSA) is 98.8 Å². The summed E-state index contributed by atoms with van der Waals surface area (Å²) < 4.78 is 54.1. The molecular weight excluding hydrogens is 547 g/mol. The van der Waals surface area contributed by atoms with Crippen LogP contribution in [-0.2, 0) is 61.9 Å². The fraction of sp³-hybridized carbons (Fsp3) is 0.387. The lowest BCUT2D eigenvalue weighted by Gasteiger charge is -2.45. The van der Waals surface area contributed by atoms with Crippen LogP contribution in [0, 0.1) is 0 Å². The quantitative estimate of drug-likeness (QED) is 0.224. The lowest BCUT2D eigenvalue weighted by molar-refractivity contribution is -0.311. The number of carbonyl (C=O) groups is 1. The molecule has 0 radical (unpaired) electrons. The number of ketones is 1. The first-order valence-corrected chi connectivity index (χ1v) is 15.1. The van der Waals surface area contributed by atoms with Gasteiger partial charge >= 0.3 is 7.60 Å². The van der Waals surface area contributed by atoms with Crippen LogP contribution in [0.2, 0.25) is 0 Å². The Morgan fingerprint density at radius 3 is 1.49 bits per heavy atom. The number of hydrogen-bond acceptors (Lipinski definition) is 9. The van der Waals surface area contributed by atoms with Crippen LogP contribution in [0.25, 0.3) is 0 Å². The largest absolute Gasteiger partial charge is 0.368 e. The Morgan fingerprint density at radius 2 is 1.07 bits per heavy atom. The molecule has 9 nitrogen and oxygen atoms in total. The zero-order chi connectivity index (χ0) is 29.1. The minimum atomic E-state index is -3.68. The number of carbonyl (C=O) groups excluding carboxylic acids is 1. The second kappa shape index (κ2) is 15.5. The van der Waals surface area contributed by atoms with Crippen LogP contribution in [0.1, 0.15) is 16.7 Å². The van der Waals surface area contributed by atoms with E-state index in [4.69, 9.17) is 32.7 Å². The number of benzene rings is 3. The molecule has 1 aliphatic rings. The highest BCUT2D eigenvalue weighted by Gasteiger charge is 2.52.